The molecule has 0 bridgehead atoms. The lowest BCUT2D eigenvalue weighted by Gasteiger charge is -2.10. The van der Waals surface area contributed by atoms with Crippen molar-refractivity contribution in [2.24, 2.45) is 5.73 Å². The number of nitrogens with two attached hydrogens (primary N) is 1. The Morgan fingerprint density at radius 3 is 3.00 bits per heavy atom. The molecule has 3 rings (SSSR count). The Bertz CT molecular complexity index is 612. The molecule has 2 heterocycles. The number of thiophene rings is 1. The summed E-state index contributed by atoms with van der Waals surface area (Å²) in [5.74, 6) is 0. The van der Waals surface area contributed by atoms with Crippen LogP contribution < -0.4 is 5.73 Å². The summed E-state index contributed by atoms with van der Waals surface area (Å²) in [5.41, 5.74) is 8.30. The van der Waals surface area contributed by atoms with Crippen LogP contribution in [0.4, 0.5) is 0 Å². The molecule has 86 valence electrons. The third-order valence-corrected chi connectivity index (χ3v) is 3.80. The van der Waals surface area contributed by atoms with Crippen LogP contribution in [0.2, 0.25) is 0 Å². The molecule has 0 amide bonds. The maximum Gasteiger partial charge on any atom is 0.133 e. The standard InChI is InChI=1S/C14H13NOS/c15-13(9-12-2-1-7-17-12)10-3-4-14-11(8-10)5-6-16-14/h1-8,13H,9,15H2. The summed E-state index contributed by atoms with van der Waals surface area (Å²) in [6, 6.07) is 12.3. The summed E-state index contributed by atoms with van der Waals surface area (Å²) in [6.45, 7) is 0. The fraction of sp³-hybridized carbons (Fsp3) is 0.143. The van der Waals surface area contributed by atoms with Gasteiger partial charge in [0.25, 0.3) is 0 Å². The Morgan fingerprint density at radius 2 is 2.18 bits per heavy atom. The van der Waals surface area contributed by atoms with Crippen LogP contribution in [0.15, 0.2) is 52.5 Å². The number of hydrogen-bond acceptors (Lipinski definition) is 3. The van der Waals surface area contributed by atoms with Crippen LogP contribution in [0.3, 0.4) is 0 Å². The van der Waals surface area contributed by atoms with Crippen molar-refractivity contribution in [1.29, 1.82) is 0 Å². The van der Waals surface area contributed by atoms with Gasteiger partial charge < -0.3 is 10.2 Å². The summed E-state index contributed by atoms with van der Waals surface area (Å²) in [5, 5.41) is 3.20. The first-order valence-electron chi connectivity index (χ1n) is 5.58. The van der Waals surface area contributed by atoms with Gasteiger partial charge in [-0.05, 0) is 35.2 Å². The van der Waals surface area contributed by atoms with E-state index in [1.807, 2.05) is 18.2 Å². The van der Waals surface area contributed by atoms with E-state index in [0.717, 1.165) is 23.0 Å². The molecule has 0 saturated carbocycles. The lowest BCUT2D eigenvalue weighted by atomic mass is 10.0. The monoisotopic (exact) mass is 243 g/mol. The molecule has 0 aliphatic rings. The van der Waals surface area contributed by atoms with Crippen LogP contribution in [0, 0.1) is 0 Å². The van der Waals surface area contributed by atoms with E-state index >= 15 is 0 Å². The molecule has 2 nitrogen and oxygen atoms in total. The minimum atomic E-state index is 0.0490. The second-order valence-corrected chi connectivity index (χ2v) is 5.14. The highest BCUT2D eigenvalue weighted by Crippen LogP contribution is 2.23. The molecule has 0 aliphatic heterocycles. The minimum absolute atomic E-state index is 0.0490. The van der Waals surface area contributed by atoms with E-state index in [0.29, 0.717) is 0 Å². The first kappa shape index (κ1) is 10.6. The molecule has 2 aromatic heterocycles. The zero-order chi connectivity index (χ0) is 11.7. The van der Waals surface area contributed by atoms with Gasteiger partial charge in [0.1, 0.15) is 5.58 Å². The predicted molar refractivity (Wildman–Crippen MR) is 71.2 cm³/mol. The van der Waals surface area contributed by atoms with Gasteiger partial charge in [0.05, 0.1) is 6.26 Å². The maximum absolute atomic E-state index is 6.22. The average molecular weight is 243 g/mol. The van der Waals surface area contributed by atoms with Crippen LogP contribution in [0.25, 0.3) is 11.0 Å². The summed E-state index contributed by atoms with van der Waals surface area (Å²) in [6.07, 6.45) is 2.60. The van der Waals surface area contributed by atoms with Crippen molar-refractivity contribution in [3.05, 3.63) is 58.5 Å². The number of furan rings is 1. The van der Waals surface area contributed by atoms with Crippen LogP contribution in [-0.2, 0) is 6.42 Å². The fourth-order valence-corrected chi connectivity index (χ4v) is 2.74. The number of benzene rings is 1. The lowest BCUT2D eigenvalue weighted by Crippen LogP contribution is -2.12. The van der Waals surface area contributed by atoms with Crippen molar-refractivity contribution in [2.75, 3.05) is 0 Å². The van der Waals surface area contributed by atoms with Crippen molar-refractivity contribution in [3.8, 4) is 0 Å². The van der Waals surface area contributed by atoms with Crippen molar-refractivity contribution in [3.63, 3.8) is 0 Å². The lowest BCUT2D eigenvalue weighted by molar-refractivity contribution is 0.615. The highest BCUT2D eigenvalue weighted by atomic mass is 32.1. The van der Waals surface area contributed by atoms with Gasteiger partial charge >= 0.3 is 0 Å². The normalized spacial score (nSPS) is 13.0. The van der Waals surface area contributed by atoms with Gasteiger partial charge in [-0.15, -0.1) is 11.3 Å². The molecule has 0 radical (unpaired) electrons. The van der Waals surface area contributed by atoms with Crippen molar-refractivity contribution in [2.45, 2.75) is 12.5 Å². The Morgan fingerprint density at radius 1 is 1.24 bits per heavy atom. The van der Waals surface area contributed by atoms with E-state index in [1.54, 1.807) is 17.6 Å². The second-order valence-electron chi connectivity index (χ2n) is 4.11. The van der Waals surface area contributed by atoms with E-state index in [1.165, 1.54) is 4.88 Å². The Balaban J connectivity index is 1.87. The van der Waals surface area contributed by atoms with E-state index in [9.17, 15) is 0 Å². The fourth-order valence-electron chi connectivity index (χ4n) is 1.98. The van der Waals surface area contributed by atoms with Gasteiger partial charge in [0.15, 0.2) is 0 Å². The van der Waals surface area contributed by atoms with Crippen LogP contribution in [0.5, 0.6) is 0 Å². The van der Waals surface area contributed by atoms with Gasteiger partial charge in [0, 0.05) is 22.7 Å². The van der Waals surface area contributed by atoms with Gasteiger partial charge in [-0.2, -0.15) is 0 Å². The van der Waals surface area contributed by atoms with Crippen molar-refractivity contribution >= 4 is 22.3 Å². The molecule has 2 N–H and O–H groups in total. The highest BCUT2D eigenvalue weighted by molar-refractivity contribution is 7.09. The Labute approximate surface area is 104 Å². The largest absolute Gasteiger partial charge is 0.464 e. The third-order valence-electron chi connectivity index (χ3n) is 2.91. The van der Waals surface area contributed by atoms with Gasteiger partial charge in [0.2, 0.25) is 0 Å². The smallest absolute Gasteiger partial charge is 0.133 e. The first-order chi connectivity index (χ1) is 8.33. The summed E-state index contributed by atoms with van der Waals surface area (Å²) >= 11 is 1.75. The maximum atomic E-state index is 6.22. The molecule has 1 unspecified atom stereocenters. The van der Waals surface area contributed by atoms with Crippen LogP contribution >= 0.6 is 11.3 Å². The Hall–Kier alpha value is -1.58. The van der Waals surface area contributed by atoms with E-state index < -0.39 is 0 Å². The quantitative estimate of drug-likeness (QED) is 0.761. The zero-order valence-corrected chi connectivity index (χ0v) is 10.1. The van der Waals surface area contributed by atoms with Crippen molar-refractivity contribution < 1.29 is 4.42 Å². The molecule has 0 aliphatic carbocycles. The molecule has 3 heteroatoms. The van der Waals surface area contributed by atoms with E-state index in [-0.39, 0.29) is 6.04 Å². The van der Waals surface area contributed by atoms with Gasteiger partial charge in [-0.25, -0.2) is 0 Å². The second kappa shape index (κ2) is 4.35. The summed E-state index contributed by atoms with van der Waals surface area (Å²) in [7, 11) is 0. The van der Waals surface area contributed by atoms with Gasteiger partial charge in [-0.1, -0.05) is 12.1 Å². The third kappa shape index (κ3) is 2.12. The number of fused-ring (bicyclic) bond motifs is 1. The number of rotatable bonds is 3. The van der Waals surface area contributed by atoms with Gasteiger partial charge in [-0.3, -0.25) is 0 Å². The highest BCUT2D eigenvalue weighted by Gasteiger charge is 2.09. The average Bonchev–Trinajstić information content (AvgIpc) is 2.97. The molecular formula is C14H13NOS. The van der Waals surface area contributed by atoms with E-state index in [4.69, 9.17) is 10.2 Å². The predicted octanol–water partition coefficient (Wildman–Crippen LogP) is 3.74. The van der Waals surface area contributed by atoms with Crippen molar-refractivity contribution in [1.82, 2.24) is 0 Å². The summed E-state index contributed by atoms with van der Waals surface area (Å²) < 4.78 is 5.32. The first-order valence-corrected chi connectivity index (χ1v) is 6.46. The molecule has 1 atom stereocenters. The molecule has 3 aromatic rings. The summed E-state index contributed by atoms with van der Waals surface area (Å²) in [4.78, 5) is 1.32. The molecule has 17 heavy (non-hydrogen) atoms. The topological polar surface area (TPSA) is 39.2 Å². The van der Waals surface area contributed by atoms with Crippen LogP contribution in [-0.4, -0.2) is 0 Å². The SMILES string of the molecule is NC(Cc1cccs1)c1ccc2occc2c1. The Kier molecular flexibility index (Phi) is 2.71. The zero-order valence-electron chi connectivity index (χ0n) is 9.30. The van der Waals surface area contributed by atoms with Crippen LogP contribution in [0.1, 0.15) is 16.5 Å². The molecule has 1 aromatic carbocycles. The van der Waals surface area contributed by atoms with E-state index in [2.05, 4.69) is 23.6 Å². The molecular weight excluding hydrogens is 230 g/mol. The molecule has 0 saturated heterocycles. The molecule has 0 fully saturated rings. The minimum Gasteiger partial charge on any atom is -0.464 e. The number of hydrogen-bond donors (Lipinski definition) is 1. The molecule has 0 spiro atoms.